The van der Waals surface area contributed by atoms with Crippen LogP contribution in [0.1, 0.15) is 12.6 Å². The number of urea groups is 1. The highest BCUT2D eigenvalue weighted by Crippen LogP contribution is 2.27. The first-order valence-corrected chi connectivity index (χ1v) is 10.1. The molecule has 1 aliphatic rings. The Morgan fingerprint density at radius 3 is 2.52 bits per heavy atom. The van der Waals surface area contributed by atoms with Crippen molar-refractivity contribution in [3.8, 4) is 0 Å². The molecule has 0 aliphatic carbocycles. The molecule has 3 rings (SSSR count). The van der Waals surface area contributed by atoms with E-state index in [1.807, 2.05) is 30.3 Å². The first kappa shape index (κ1) is 21.2. The number of aromatic nitrogens is 1. The summed E-state index contributed by atoms with van der Waals surface area (Å²) in [6, 6.07) is 10.1. The number of pyridine rings is 1. The van der Waals surface area contributed by atoms with Crippen molar-refractivity contribution >= 4 is 40.8 Å². The molecular weight excluding hydrogens is 413 g/mol. The largest absolute Gasteiger partial charge is 0.368 e. The van der Waals surface area contributed by atoms with E-state index < -0.39 is 6.04 Å². The van der Waals surface area contributed by atoms with Crippen LogP contribution in [-0.2, 0) is 11.3 Å². The topological polar surface area (TPSA) is 77.6 Å². The van der Waals surface area contributed by atoms with E-state index in [4.69, 9.17) is 23.2 Å². The second-order valence-corrected chi connectivity index (χ2v) is 7.60. The zero-order valence-corrected chi connectivity index (χ0v) is 17.6. The fourth-order valence-corrected chi connectivity index (χ4v) is 3.32. The highest BCUT2D eigenvalue weighted by atomic mass is 35.5. The summed E-state index contributed by atoms with van der Waals surface area (Å²) in [5, 5.41) is 6.56. The van der Waals surface area contributed by atoms with Gasteiger partial charge in [0.25, 0.3) is 0 Å². The number of benzene rings is 1. The Kier molecular flexibility index (Phi) is 7.17. The van der Waals surface area contributed by atoms with Crippen LogP contribution in [-0.4, -0.2) is 54.0 Å². The molecule has 1 atom stereocenters. The number of rotatable bonds is 5. The average molecular weight is 436 g/mol. The molecule has 9 heteroatoms. The number of carbonyl (C=O) groups excluding carboxylic acids is 2. The van der Waals surface area contributed by atoms with Gasteiger partial charge in [0, 0.05) is 38.1 Å². The fraction of sp³-hybridized carbons (Fsp3) is 0.350. The Balaban J connectivity index is 1.45. The molecule has 2 heterocycles. The summed E-state index contributed by atoms with van der Waals surface area (Å²) in [5.74, 6) is -0.251. The lowest BCUT2D eigenvalue weighted by Gasteiger charge is -2.36. The van der Waals surface area contributed by atoms with Crippen molar-refractivity contribution in [2.45, 2.75) is 19.5 Å². The van der Waals surface area contributed by atoms with E-state index in [-0.39, 0.29) is 11.9 Å². The quantitative estimate of drug-likeness (QED) is 0.756. The minimum atomic E-state index is -0.640. The van der Waals surface area contributed by atoms with Gasteiger partial charge in [0.05, 0.1) is 22.3 Å². The lowest BCUT2D eigenvalue weighted by atomic mass is 10.2. The van der Waals surface area contributed by atoms with Crippen LogP contribution in [0, 0.1) is 0 Å². The molecule has 0 saturated carbocycles. The van der Waals surface area contributed by atoms with Crippen LogP contribution < -0.4 is 15.5 Å². The number of carbonyl (C=O) groups is 2. The van der Waals surface area contributed by atoms with E-state index in [2.05, 4.69) is 20.5 Å². The molecule has 2 aromatic rings. The van der Waals surface area contributed by atoms with Crippen LogP contribution in [0.3, 0.4) is 0 Å². The van der Waals surface area contributed by atoms with Gasteiger partial charge >= 0.3 is 6.03 Å². The van der Waals surface area contributed by atoms with Gasteiger partial charge in [0.1, 0.15) is 6.04 Å². The summed E-state index contributed by atoms with van der Waals surface area (Å²) in [5.41, 5.74) is 1.74. The van der Waals surface area contributed by atoms with Gasteiger partial charge in [0.2, 0.25) is 5.91 Å². The summed E-state index contributed by atoms with van der Waals surface area (Å²) in [6.07, 6.45) is 1.67. The normalized spacial score (nSPS) is 15.0. The van der Waals surface area contributed by atoms with Crippen LogP contribution in [0.2, 0.25) is 10.0 Å². The molecular formula is C20H23Cl2N5O2. The van der Waals surface area contributed by atoms with Gasteiger partial charge in [-0.25, -0.2) is 4.79 Å². The van der Waals surface area contributed by atoms with Crippen molar-refractivity contribution in [3.05, 3.63) is 58.3 Å². The average Bonchev–Trinajstić information content (AvgIpc) is 2.74. The monoisotopic (exact) mass is 435 g/mol. The number of anilines is 1. The molecule has 1 aromatic carbocycles. The Hall–Kier alpha value is -2.51. The molecule has 0 radical (unpaired) electrons. The Morgan fingerprint density at radius 2 is 1.86 bits per heavy atom. The van der Waals surface area contributed by atoms with Gasteiger partial charge < -0.3 is 20.4 Å². The maximum absolute atomic E-state index is 12.5. The molecule has 2 N–H and O–H groups in total. The number of nitrogens with one attached hydrogen (secondary N) is 2. The van der Waals surface area contributed by atoms with E-state index in [9.17, 15) is 9.59 Å². The zero-order chi connectivity index (χ0) is 20.8. The van der Waals surface area contributed by atoms with Gasteiger partial charge in [-0.3, -0.25) is 9.78 Å². The number of halogens is 2. The van der Waals surface area contributed by atoms with Crippen LogP contribution >= 0.6 is 23.2 Å². The van der Waals surface area contributed by atoms with Crippen molar-refractivity contribution in [3.63, 3.8) is 0 Å². The molecule has 7 nitrogen and oxygen atoms in total. The first-order chi connectivity index (χ1) is 13.9. The van der Waals surface area contributed by atoms with Gasteiger partial charge in [-0.15, -0.1) is 0 Å². The molecule has 0 bridgehead atoms. The molecule has 0 spiro atoms. The second kappa shape index (κ2) is 9.80. The van der Waals surface area contributed by atoms with Crippen LogP contribution in [0.25, 0.3) is 0 Å². The number of nitrogens with zero attached hydrogens (tertiary/aromatic N) is 3. The molecule has 1 saturated heterocycles. The summed E-state index contributed by atoms with van der Waals surface area (Å²) >= 11 is 12.1. The van der Waals surface area contributed by atoms with Crippen molar-refractivity contribution in [2.24, 2.45) is 0 Å². The fourth-order valence-electron chi connectivity index (χ4n) is 3.02. The van der Waals surface area contributed by atoms with Crippen LogP contribution in [0.15, 0.2) is 42.6 Å². The molecule has 3 amide bonds. The lowest BCUT2D eigenvalue weighted by molar-refractivity contribution is -0.122. The summed E-state index contributed by atoms with van der Waals surface area (Å²) in [6.45, 7) is 4.43. The van der Waals surface area contributed by atoms with Gasteiger partial charge in [-0.1, -0.05) is 29.3 Å². The van der Waals surface area contributed by atoms with Crippen molar-refractivity contribution in [1.82, 2.24) is 20.5 Å². The van der Waals surface area contributed by atoms with E-state index in [0.717, 1.165) is 11.4 Å². The van der Waals surface area contributed by atoms with Gasteiger partial charge in [-0.05, 0) is 37.3 Å². The Bertz CT molecular complexity index is 857. The first-order valence-electron chi connectivity index (χ1n) is 9.37. The van der Waals surface area contributed by atoms with Crippen molar-refractivity contribution < 1.29 is 9.59 Å². The molecule has 1 aromatic heterocycles. The van der Waals surface area contributed by atoms with E-state index in [1.165, 1.54) is 0 Å². The van der Waals surface area contributed by atoms with Gasteiger partial charge in [-0.2, -0.15) is 0 Å². The highest BCUT2D eigenvalue weighted by molar-refractivity contribution is 6.42. The Labute approximate surface area is 180 Å². The molecule has 1 fully saturated rings. The van der Waals surface area contributed by atoms with E-state index >= 15 is 0 Å². The number of hydrogen-bond acceptors (Lipinski definition) is 4. The number of amides is 3. The number of hydrogen-bond donors (Lipinski definition) is 2. The van der Waals surface area contributed by atoms with E-state index in [0.29, 0.717) is 42.8 Å². The summed E-state index contributed by atoms with van der Waals surface area (Å²) in [4.78, 5) is 32.7. The van der Waals surface area contributed by atoms with E-state index in [1.54, 1.807) is 24.1 Å². The summed E-state index contributed by atoms with van der Waals surface area (Å²) in [7, 11) is 0. The lowest BCUT2D eigenvalue weighted by Crippen LogP contribution is -2.55. The third kappa shape index (κ3) is 5.74. The van der Waals surface area contributed by atoms with Crippen molar-refractivity contribution in [2.75, 3.05) is 31.1 Å². The van der Waals surface area contributed by atoms with Crippen molar-refractivity contribution in [1.29, 1.82) is 0 Å². The maximum Gasteiger partial charge on any atom is 0.318 e. The predicted octanol–water partition coefficient (Wildman–Crippen LogP) is 2.92. The summed E-state index contributed by atoms with van der Waals surface area (Å²) < 4.78 is 0. The minimum Gasteiger partial charge on any atom is -0.368 e. The molecule has 29 heavy (non-hydrogen) atoms. The molecule has 0 unspecified atom stereocenters. The predicted molar refractivity (Wildman–Crippen MR) is 114 cm³/mol. The van der Waals surface area contributed by atoms with Gasteiger partial charge in [0.15, 0.2) is 0 Å². The standard InChI is InChI=1S/C20H23Cl2N5O2/c1-14(19(28)24-13-15-4-2-3-7-23-15)25-20(29)27-10-8-26(9-11-27)16-5-6-17(21)18(22)12-16/h2-7,12,14H,8-11,13H2,1H3,(H,24,28)(H,25,29)/t14-/m1/s1. The van der Waals surface area contributed by atoms with Crippen LogP contribution in [0.5, 0.6) is 0 Å². The second-order valence-electron chi connectivity index (χ2n) is 6.78. The molecule has 154 valence electrons. The zero-order valence-electron chi connectivity index (χ0n) is 16.1. The minimum absolute atomic E-state index is 0.251. The maximum atomic E-state index is 12.5. The molecule has 1 aliphatic heterocycles. The highest BCUT2D eigenvalue weighted by Gasteiger charge is 2.24. The third-order valence-electron chi connectivity index (χ3n) is 4.74. The smallest absolute Gasteiger partial charge is 0.318 e. The SMILES string of the molecule is C[C@@H](NC(=O)N1CCN(c2ccc(Cl)c(Cl)c2)CC1)C(=O)NCc1ccccn1. The van der Waals surface area contributed by atoms with Crippen LogP contribution in [0.4, 0.5) is 10.5 Å². The third-order valence-corrected chi connectivity index (χ3v) is 5.48. The Morgan fingerprint density at radius 1 is 1.10 bits per heavy atom. The number of piperazine rings is 1.